The highest BCUT2D eigenvalue weighted by atomic mass is 32.2. The minimum absolute atomic E-state index is 0.0524. The Hall–Kier alpha value is -1.53. The predicted molar refractivity (Wildman–Crippen MR) is 125 cm³/mol. The summed E-state index contributed by atoms with van der Waals surface area (Å²) in [4.78, 5) is 14.9. The summed E-state index contributed by atoms with van der Waals surface area (Å²) in [5.74, 6) is 0.961. The predicted octanol–water partition coefficient (Wildman–Crippen LogP) is 1.30. The van der Waals surface area contributed by atoms with E-state index >= 15 is 0 Å². The molecule has 1 aromatic heterocycles. The quantitative estimate of drug-likeness (QED) is 0.530. The van der Waals surface area contributed by atoms with E-state index in [2.05, 4.69) is 22.4 Å². The second-order valence-corrected chi connectivity index (χ2v) is 12.3. The molecule has 1 amide bonds. The van der Waals surface area contributed by atoms with Gasteiger partial charge in [-0.25, -0.2) is 0 Å². The molecular weight excluding hydrogens is 458 g/mol. The number of amides is 1. The van der Waals surface area contributed by atoms with Crippen LogP contribution in [0.15, 0.2) is 10.6 Å². The fourth-order valence-electron chi connectivity index (χ4n) is 5.99. The average Bonchev–Trinajstić information content (AvgIpc) is 3.48. The smallest absolute Gasteiger partial charge is 0.282 e. The molecule has 5 rings (SSSR count). The van der Waals surface area contributed by atoms with Gasteiger partial charge in [0.05, 0.1) is 0 Å². The van der Waals surface area contributed by atoms with Crippen LogP contribution < -0.4 is 5.32 Å². The molecule has 11 heteroatoms. The molecule has 10 nitrogen and oxygen atoms in total. The number of piperidine rings is 2. The van der Waals surface area contributed by atoms with E-state index < -0.39 is 10.2 Å². The first kappa shape index (κ1) is 24.2. The Morgan fingerprint density at radius 3 is 2.47 bits per heavy atom. The van der Waals surface area contributed by atoms with Crippen molar-refractivity contribution in [1.29, 1.82) is 0 Å². The molecule has 34 heavy (non-hydrogen) atoms. The number of aliphatic hydroxyl groups excluding tert-OH is 1. The number of carbonyl (C=O) groups excluding carboxylic acids is 1. The first-order valence-electron chi connectivity index (χ1n) is 12.7. The van der Waals surface area contributed by atoms with Crippen LogP contribution in [0, 0.1) is 0 Å². The number of nitrogens with one attached hydrogen (secondary N) is 1. The molecule has 190 valence electrons. The molecule has 4 fully saturated rings. The average molecular weight is 496 g/mol. The van der Waals surface area contributed by atoms with E-state index in [-0.39, 0.29) is 30.6 Å². The van der Waals surface area contributed by atoms with Gasteiger partial charge in [0.15, 0.2) is 5.69 Å². The van der Waals surface area contributed by atoms with Gasteiger partial charge in [-0.15, -0.1) is 0 Å². The zero-order valence-corrected chi connectivity index (χ0v) is 20.8. The SMILES string of the molecule is CN(CCCO)C1CCN(S(=O)(=O)N2[C@@H]3CC[C@H]2CC(NC(=O)c2cc(C4CC4)on2)C3)CC1. The zero-order valence-electron chi connectivity index (χ0n) is 19.9. The standard InChI is InChI=1S/C23H37N5O5S/c1-26(9-2-12-29)18-7-10-27(11-8-18)34(31,32)28-19-5-6-20(28)14-17(13-19)24-23(30)21-15-22(33-25-21)16-3-4-16/h15-20,29H,2-14H2,1H3,(H,24,30)/t17?,19-,20+. The Labute approximate surface area is 201 Å². The van der Waals surface area contributed by atoms with Gasteiger partial charge in [-0.1, -0.05) is 5.16 Å². The lowest BCUT2D eigenvalue weighted by atomic mass is 9.99. The third-order valence-electron chi connectivity index (χ3n) is 8.05. The molecular formula is C23H37N5O5S. The Kier molecular flexibility index (Phi) is 7.00. The molecule has 1 unspecified atom stereocenters. The van der Waals surface area contributed by atoms with E-state index in [0.29, 0.717) is 43.6 Å². The summed E-state index contributed by atoms with van der Waals surface area (Å²) in [6, 6.07) is 1.90. The molecule has 0 radical (unpaired) electrons. The summed E-state index contributed by atoms with van der Waals surface area (Å²) in [5.41, 5.74) is 0.316. The van der Waals surface area contributed by atoms with Crippen LogP contribution in [-0.2, 0) is 10.2 Å². The van der Waals surface area contributed by atoms with Crippen LogP contribution in [0.3, 0.4) is 0 Å². The normalized spacial score (nSPS) is 29.1. The first-order valence-corrected chi connectivity index (χ1v) is 14.1. The lowest BCUT2D eigenvalue weighted by Gasteiger charge is -2.43. The maximum absolute atomic E-state index is 13.6. The Morgan fingerprint density at radius 1 is 1.18 bits per heavy atom. The van der Waals surface area contributed by atoms with Crippen LogP contribution >= 0.6 is 0 Å². The number of hydrogen-bond donors (Lipinski definition) is 2. The van der Waals surface area contributed by atoms with E-state index in [9.17, 15) is 13.2 Å². The van der Waals surface area contributed by atoms with Crippen LogP contribution in [0.1, 0.15) is 80.0 Å². The van der Waals surface area contributed by atoms with E-state index in [0.717, 1.165) is 57.3 Å². The minimum Gasteiger partial charge on any atom is -0.396 e. The largest absolute Gasteiger partial charge is 0.396 e. The van der Waals surface area contributed by atoms with Gasteiger partial charge in [0, 0.05) is 62.4 Å². The topological polar surface area (TPSA) is 119 Å². The van der Waals surface area contributed by atoms with Crippen LogP contribution in [0.4, 0.5) is 0 Å². The van der Waals surface area contributed by atoms with Gasteiger partial charge in [0.25, 0.3) is 16.1 Å². The van der Waals surface area contributed by atoms with Gasteiger partial charge < -0.3 is 19.8 Å². The molecule has 2 N–H and O–H groups in total. The van der Waals surface area contributed by atoms with Crippen molar-refractivity contribution >= 4 is 16.1 Å². The van der Waals surface area contributed by atoms with E-state index in [1.165, 1.54) is 0 Å². The second-order valence-electron chi connectivity index (χ2n) is 10.4. The van der Waals surface area contributed by atoms with Crippen LogP contribution in [0.2, 0.25) is 0 Å². The molecule has 3 aliphatic heterocycles. The minimum atomic E-state index is -3.52. The number of aromatic nitrogens is 1. The van der Waals surface area contributed by atoms with Crippen molar-refractivity contribution < 1.29 is 22.8 Å². The molecule has 3 atom stereocenters. The highest BCUT2D eigenvalue weighted by Crippen LogP contribution is 2.41. The summed E-state index contributed by atoms with van der Waals surface area (Å²) in [7, 11) is -1.47. The summed E-state index contributed by atoms with van der Waals surface area (Å²) < 4.78 is 35.8. The second kappa shape index (κ2) is 9.85. The van der Waals surface area contributed by atoms with E-state index in [4.69, 9.17) is 9.63 Å². The van der Waals surface area contributed by atoms with E-state index in [1.807, 2.05) is 0 Å². The Bertz CT molecular complexity index is 958. The summed E-state index contributed by atoms with van der Waals surface area (Å²) in [6.07, 6.45) is 7.48. The molecule has 1 aliphatic carbocycles. The van der Waals surface area contributed by atoms with Crippen molar-refractivity contribution in [2.24, 2.45) is 0 Å². The Balaban J connectivity index is 1.16. The van der Waals surface area contributed by atoms with Crippen molar-refractivity contribution in [3.05, 3.63) is 17.5 Å². The van der Waals surface area contributed by atoms with Crippen molar-refractivity contribution in [3.8, 4) is 0 Å². The fourth-order valence-corrected chi connectivity index (χ4v) is 8.07. The van der Waals surface area contributed by atoms with Crippen molar-refractivity contribution in [2.75, 3.05) is 33.3 Å². The van der Waals surface area contributed by atoms with Gasteiger partial charge in [0.1, 0.15) is 5.76 Å². The maximum Gasteiger partial charge on any atom is 0.282 e. The van der Waals surface area contributed by atoms with Gasteiger partial charge in [-0.2, -0.15) is 17.0 Å². The number of hydrogen-bond acceptors (Lipinski definition) is 7. The molecule has 0 aromatic carbocycles. The molecule has 2 bridgehead atoms. The lowest BCUT2D eigenvalue weighted by Crippen LogP contribution is -2.57. The number of fused-ring (bicyclic) bond motifs is 2. The Morgan fingerprint density at radius 2 is 1.85 bits per heavy atom. The van der Waals surface area contributed by atoms with Gasteiger partial charge in [0.2, 0.25) is 0 Å². The first-order chi connectivity index (χ1) is 16.4. The lowest BCUT2D eigenvalue weighted by molar-refractivity contribution is 0.0896. The van der Waals surface area contributed by atoms with Crippen LogP contribution in [0.5, 0.6) is 0 Å². The van der Waals surface area contributed by atoms with Crippen LogP contribution in [0.25, 0.3) is 0 Å². The third kappa shape index (κ3) is 4.90. The highest BCUT2D eigenvalue weighted by molar-refractivity contribution is 7.86. The fraction of sp³-hybridized carbons (Fsp3) is 0.826. The zero-order chi connectivity index (χ0) is 23.9. The van der Waals surface area contributed by atoms with Gasteiger partial charge >= 0.3 is 0 Å². The van der Waals surface area contributed by atoms with Crippen molar-refractivity contribution in [3.63, 3.8) is 0 Å². The summed E-state index contributed by atoms with van der Waals surface area (Å²) >= 11 is 0. The highest BCUT2D eigenvalue weighted by Gasteiger charge is 2.49. The van der Waals surface area contributed by atoms with Gasteiger partial charge in [-0.05, 0) is 64.8 Å². The van der Waals surface area contributed by atoms with E-state index in [1.54, 1.807) is 14.7 Å². The number of aliphatic hydroxyl groups is 1. The molecule has 4 aliphatic rings. The number of nitrogens with zero attached hydrogens (tertiary/aromatic N) is 4. The van der Waals surface area contributed by atoms with Crippen LogP contribution in [-0.4, -0.2) is 95.6 Å². The number of carbonyl (C=O) groups is 1. The number of rotatable bonds is 9. The third-order valence-corrected chi connectivity index (χ3v) is 10.2. The summed E-state index contributed by atoms with van der Waals surface area (Å²) in [5, 5.41) is 16.1. The molecule has 0 spiro atoms. The molecule has 4 heterocycles. The molecule has 1 aromatic rings. The maximum atomic E-state index is 13.6. The van der Waals surface area contributed by atoms with Crippen molar-refractivity contribution in [1.82, 2.24) is 24.0 Å². The monoisotopic (exact) mass is 495 g/mol. The molecule has 3 saturated heterocycles. The summed E-state index contributed by atoms with van der Waals surface area (Å²) in [6.45, 7) is 2.06. The van der Waals surface area contributed by atoms with Crippen molar-refractivity contribution in [2.45, 2.75) is 87.9 Å². The van der Waals surface area contributed by atoms with Gasteiger partial charge in [-0.3, -0.25) is 4.79 Å². The molecule has 1 saturated carbocycles.